The van der Waals surface area contributed by atoms with Gasteiger partial charge >= 0.3 is 5.97 Å². The van der Waals surface area contributed by atoms with E-state index >= 15 is 0 Å². The van der Waals surface area contributed by atoms with Crippen molar-refractivity contribution in [3.8, 4) is 28.7 Å². The van der Waals surface area contributed by atoms with Crippen LogP contribution in [0.5, 0.6) is 28.7 Å². The molecule has 0 fully saturated rings. The Morgan fingerprint density at radius 2 is 1.18 bits per heavy atom. The van der Waals surface area contributed by atoms with Crippen molar-refractivity contribution in [2.24, 2.45) is 0 Å². The first kappa shape index (κ1) is 26.4. The van der Waals surface area contributed by atoms with Crippen molar-refractivity contribution in [1.82, 2.24) is 0 Å². The fourth-order valence-electron chi connectivity index (χ4n) is 4.02. The van der Waals surface area contributed by atoms with Gasteiger partial charge in [0.15, 0.2) is 11.5 Å². The number of rotatable bonds is 12. The Bertz CT molecular complexity index is 1360. The summed E-state index contributed by atoms with van der Waals surface area (Å²) >= 11 is 0. The molecular formula is C31H30O7. The normalized spacial score (nSPS) is 10.5. The molecule has 4 rings (SSSR count). The summed E-state index contributed by atoms with van der Waals surface area (Å²) in [5.41, 5.74) is 3.49. The number of methoxy groups -OCH3 is 3. The maximum Gasteiger partial charge on any atom is 0.339 e. The standard InChI is InChI=1S/C31H30O7/c1-34-25-13-8-21(9-14-25)19-37-29-24(18-23-6-4-5-7-28(23)36-3)12-17-27(31(32)33)30(29)38-20-22-10-15-26(35-2)16-11-22/h4-17H,18-20H2,1-3H3,(H,32,33). The molecule has 0 aliphatic carbocycles. The third kappa shape index (κ3) is 6.37. The predicted molar refractivity (Wildman–Crippen MR) is 144 cm³/mol. The zero-order valence-electron chi connectivity index (χ0n) is 21.6. The van der Waals surface area contributed by atoms with Crippen molar-refractivity contribution in [1.29, 1.82) is 0 Å². The van der Waals surface area contributed by atoms with E-state index in [1.54, 1.807) is 33.5 Å². The highest BCUT2D eigenvalue weighted by Crippen LogP contribution is 2.39. The second kappa shape index (κ2) is 12.5. The lowest BCUT2D eigenvalue weighted by Crippen LogP contribution is -2.09. The number of benzene rings is 4. The zero-order valence-corrected chi connectivity index (χ0v) is 21.6. The van der Waals surface area contributed by atoms with Crippen molar-refractivity contribution in [2.75, 3.05) is 21.3 Å². The van der Waals surface area contributed by atoms with Crippen molar-refractivity contribution >= 4 is 5.97 Å². The minimum Gasteiger partial charge on any atom is -0.497 e. The van der Waals surface area contributed by atoms with Crippen molar-refractivity contribution in [3.05, 3.63) is 113 Å². The van der Waals surface area contributed by atoms with E-state index in [1.807, 2.05) is 72.8 Å². The van der Waals surface area contributed by atoms with E-state index in [2.05, 4.69) is 0 Å². The summed E-state index contributed by atoms with van der Waals surface area (Å²) in [5, 5.41) is 9.98. The number of ether oxygens (including phenoxy) is 5. The molecule has 38 heavy (non-hydrogen) atoms. The van der Waals surface area contributed by atoms with Gasteiger partial charge in [-0.1, -0.05) is 48.5 Å². The smallest absolute Gasteiger partial charge is 0.339 e. The quantitative estimate of drug-likeness (QED) is 0.242. The number of aromatic carboxylic acids is 1. The first-order valence-electron chi connectivity index (χ1n) is 12.0. The lowest BCUT2D eigenvalue weighted by molar-refractivity contribution is 0.0690. The maximum atomic E-state index is 12.2. The third-order valence-electron chi connectivity index (χ3n) is 6.08. The van der Waals surface area contributed by atoms with E-state index in [-0.39, 0.29) is 24.5 Å². The molecule has 4 aromatic rings. The van der Waals surface area contributed by atoms with Crippen LogP contribution in [0.15, 0.2) is 84.9 Å². The molecule has 0 radical (unpaired) electrons. The van der Waals surface area contributed by atoms with E-state index in [0.29, 0.717) is 12.2 Å². The zero-order chi connectivity index (χ0) is 26.9. The van der Waals surface area contributed by atoms with E-state index < -0.39 is 5.97 Å². The summed E-state index contributed by atoms with van der Waals surface area (Å²) in [7, 11) is 4.83. The Hall–Kier alpha value is -4.65. The van der Waals surface area contributed by atoms with Crippen molar-refractivity contribution in [2.45, 2.75) is 19.6 Å². The summed E-state index contributed by atoms with van der Waals surface area (Å²) in [6.07, 6.45) is 0.459. The molecule has 0 saturated heterocycles. The fraction of sp³-hybridized carbons (Fsp3) is 0.194. The van der Waals surface area contributed by atoms with E-state index in [0.717, 1.165) is 39.5 Å². The molecule has 0 bridgehead atoms. The van der Waals surface area contributed by atoms with E-state index in [1.165, 1.54) is 0 Å². The minimum absolute atomic E-state index is 0.0204. The molecule has 0 unspecified atom stereocenters. The number of hydrogen-bond acceptors (Lipinski definition) is 6. The van der Waals surface area contributed by atoms with Crippen LogP contribution < -0.4 is 23.7 Å². The lowest BCUT2D eigenvalue weighted by Gasteiger charge is -2.19. The average molecular weight is 515 g/mol. The topological polar surface area (TPSA) is 83.5 Å². The van der Waals surface area contributed by atoms with Gasteiger partial charge in [-0.2, -0.15) is 0 Å². The van der Waals surface area contributed by atoms with Gasteiger partial charge in [-0.3, -0.25) is 0 Å². The first-order chi connectivity index (χ1) is 18.5. The molecule has 0 heterocycles. The summed E-state index contributed by atoms with van der Waals surface area (Å²) in [5.74, 6) is 1.64. The summed E-state index contributed by atoms with van der Waals surface area (Å²) < 4.78 is 28.5. The third-order valence-corrected chi connectivity index (χ3v) is 6.08. The minimum atomic E-state index is -1.10. The Balaban J connectivity index is 1.72. The van der Waals surface area contributed by atoms with Gasteiger partial charge in [-0.15, -0.1) is 0 Å². The average Bonchev–Trinajstić information content (AvgIpc) is 2.96. The SMILES string of the molecule is COc1ccc(COc2c(Cc3ccccc3OC)ccc(C(=O)O)c2OCc2ccc(OC)cc2)cc1. The van der Waals surface area contributed by atoms with Gasteiger partial charge in [0.25, 0.3) is 0 Å². The van der Waals surface area contributed by atoms with Gasteiger partial charge in [0.1, 0.15) is 36.0 Å². The summed E-state index contributed by atoms with van der Waals surface area (Å²) in [4.78, 5) is 12.2. The Morgan fingerprint density at radius 1 is 0.632 bits per heavy atom. The van der Waals surface area contributed by atoms with Crippen LogP contribution in [-0.4, -0.2) is 32.4 Å². The lowest BCUT2D eigenvalue weighted by atomic mass is 10.0. The second-order valence-electron chi connectivity index (χ2n) is 8.50. The number of carbonyl (C=O) groups is 1. The van der Waals surface area contributed by atoms with Crippen LogP contribution in [0, 0.1) is 0 Å². The Kier molecular flexibility index (Phi) is 8.72. The molecule has 0 atom stereocenters. The molecule has 4 aromatic carbocycles. The Labute approximate surface area is 222 Å². The molecule has 0 aliphatic heterocycles. The van der Waals surface area contributed by atoms with Crippen LogP contribution in [0.25, 0.3) is 0 Å². The number of hydrogen-bond donors (Lipinski definition) is 1. The number of para-hydroxylation sites is 1. The van der Waals surface area contributed by atoms with Crippen LogP contribution in [0.3, 0.4) is 0 Å². The number of carboxylic acid groups (broad SMARTS) is 1. The van der Waals surface area contributed by atoms with Crippen LogP contribution >= 0.6 is 0 Å². The van der Waals surface area contributed by atoms with Gasteiger partial charge < -0.3 is 28.8 Å². The van der Waals surface area contributed by atoms with Gasteiger partial charge in [-0.05, 0) is 53.1 Å². The highest BCUT2D eigenvalue weighted by atomic mass is 16.5. The molecule has 1 N–H and O–H groups in total. The molecule has 7 heteroatoms. The largest absolute Gasteiger partial charge is 0.497 e. The summed E-state index contributed by atoms with van der Waals surface area (Å²) in [6, 6.07) is 25.9. The van der Waals surface area contributed by atoms with Gasteiger partial charge in [-0.25, -0.2) is 4.79 Å². The predicted octanol–water partition coefficient (Wildman–Crippen LogP) is 6.16. The molecule has 0 amide bonds. The number of carboxylic acids is 1. The molecule has 0 spiro atoms. The highest BCUT2D eigenvalue weighted by molar-refractivity contribution is 5.92. The molecular weight excluding hydrogens is 484 g/mol. The molecule has 196 valence electrons. The molecule has 7 nitrogen and oxygen atoms in total. The second-order valence-corrected chi connectivity index (χ2v) is 8.50. The fourth-order valence-corrected chi connectivity index (χ4v) is 4.02. The summed E-state index contributed by atoms with van der Waals surface area (Å²) in [6.45, 7) is 0.367. The van der Waals surface area contributed by atoms with Crippen molar-refractivity contribution < 1.29 is 33.6 Å². The van der Waals surface area contributed by atoms with Crippen LogP contribution in [0.2, 0.25) is 0 Å². The maximum absolute atomic E-state index is 12.2. The first-order valence-corrected chi connectivity index (χ1v) is 12.0. The molecule has 0 saturated carbocycles. The van der Waals surface area contributed by atoms with Gasteiger partial charge in [0.05, 0.1) is 21.3 Å². The van der Waals surface area contributed by atoms with E-state index in [9.17, 15) is 9.90 Å². The van der Waals surface area contributed by atoms with Gasteiger partial charge in [0.2, 0.25) is 0 Å². The monoisotopic (exact) mass is 514 g/mol. The van der Waals surface area contributed by atoms with Crippen LogP contribution in [0.4, 0.5) is 0 Å². The molecule has 0 aliphatic rings. The van der Waals surface area contributed by atoms with E-state index in [4.69, 9.17) is 23.7 Å². The van der Waals surface area contributed by atoms with Crippen LogP contribution in [-0.2, 0) is 19.6 Å². The van der Waals surface area contributed by atoms with Crippen molar-refractivity contribution in [3.63, 3.8) is 0 Å². The Morgan fingerprint density at radius 3 is 1.71 bits per heavy atom. The van der Waals surface area contributed by atoms with Crippen LogP contribution in [0.1, 0.15) is 32.6 Å². The highest BCUT2D eigenvalue weighted by Gasteiger charge is 2.22. The van der Waals surface area contributed by atoms with Gasteiger partial charge in [0, 0.05) is 12.0 Å². The molecule has 0 aromatic heterocycles.